The maximum Gasteiger partial charge on any atom is 0.206 e. The number of rotatable bonds is 7. The summed E-state index contributed by atoms with van der Waals surface area (Å²) in [5.74, 6) is 0.792. The largest absolute Gasteiger partial charge is 0.456 e. The zero-order chi connectivity index (χ0) is 21.7. The van der Waals surface area contributed by atoms with Crippen molar-refractivity contribution in [2.75, 3.05) is 0 Å². The van der Waals surface area contributed by atoms with Gasteiger partial charge >= 0.3 is 0 Å². The molecule has 0 heterocycles. The van der Waals surface area contributed by atoms with Crippen LogP contribution in [0.25, 0.3) is 0 Å². The summed E-state index contributed by atoms with van der Waals surface area (Å²) in [4.78, 5) is 0.230. The van der Waals surface area contributed by atoms with Crippen molar-refractivity contribution in [1.29, 1.82) is 5.53 Å². The highest BCUT2D eigenvalue weighted by molar-refractivity contribution is 7.91. The van der Waals surface area contributed by atoms with Gasteiger partial charge in [0.05, 0.1) is 14.8 Å². The van der Waals surface area contributed by atoms with Gasteiger partial charge in [0.1, 0.15) is 17.3 Å². The molecule has 0 aliphatic rings. The van der Waals surface area contributed by atoms with Crippen molar-refractivity contribution in [3.63, 3.8) is 0 Å². The molecular weight excluding hydrogens is 447 g/mol. The predicted octanol–water partition coefficient (Wildman–Crippen LogP) is 5.46. The van der Waals surface area contributed by atoms with E-state index < -0.39 is 9.84 Å². The monoisotopic (exact) mass is 462 g/mol. The number of nitrogens with zero attached hydrogens (tertiary/aromatic N) is 2. The number of hydrogen-bond donors (Lipinski definition) is 2. The van der Waals surface area contributed by atoms with Crippen molar-refractivity contribution in [2.24, 2.45) is 16.1 Å². The Labute approximate surface area is 183 Å². The molecule has 3 N–H and O–H groups in total. The Hall–Kier alpha value is -2.94. The summed E-state index contributed by atoms with van der Waals surface area (Å²) in [5.41, 5.74) is 13.1. The van der Waals surface area contributed by atoms with E-state index in [0.717, 1.165) is 0 Å². The molecule has 0 amide bonds. The molecule has 0 saturated heterocycles. The van der Waals surface area contributed by atoms with Crippen LogP contribution in [0.2, 0.25) is 10.0 Å². The molecule has 7 nitrogen and oxygen atoms in total. The smallest absolute Gasteiger partial charge is 0.206 e. The molecular formula is C20H16Cl2N4O3S. The lowest BCUT2D eigenvalue weighted by Gasteiger charge is -2.11. The first-order valence-corrected chi connectivity index (χ1v) is 10.8. The van der Waals surface area contributed by atoms with E-state index in [0.29, 0.717) is 16.3 Å². The Morgan fingerprint density at radius 1 is 1.00 bits per heavy atom. The van der Waals surface area contributed by atoms with Crippen LogP contribution in [-0.2, 0) is 16.3 Å². The Balaban J connectivity index is 1.87. The van der Waals surface area contributed by atoms with Gasteiger partial charge in [0.15, 0.2) is 0 Å². The minimum atomic E-state index is -3.70. The van der Waals surface area contributed by atoms with Gasteiger partial charge in [-0.05, 0) is 54.1 Å². The SMILES string of the molecule is N=N/N=C(\N)Cc1cc(Cl)cc(Oc2ccc(S(=O)(=O)c3ccccc3)cc2Cl)c1. The zero-order valence-electron chi connectivity index (χ0n) is 15.4. The molecule has 0 aliphatic carbocycles. The fourth-order valence-electron chi connectivity index (χ4n) is 2.68. The third kappa shape index (κ3) is 5.15. The van der Waals surface area contributed by atoms with Crippen LogP contribution in [0, 0.1) is 5.53 Å². The molecule has 154 valence electrons. The van der Waals surface area contributed by atoms with Crippen LogP contribution in [0.5, 0.6) is 11.5 Å². The minimum Gasteiger partial charge on any atom is -0.456 e. The van der Waals surface area contributed by atoms with Crippen LogP contribution in [0.4, 0.5) is 0 Å². The van der Waals surface area contributed by atoms with Gasteiger partial charge < -0.3 is 10.5 Å². The number of hydrogen-bond acceptors (Lipinski definition) is 5. The van der Waals surface area contributed by atoms with Crippen LogP contribution in [0.15, 0.2) is 86.8 Å². The number of benzene rings is 3. The second kappa shape index (κ2) is 9.25. The first-order chi connectivity index (χ1) is 14.3. The third-order valence-corrected chi connectivity index (χ3v) is 6.27. The van der Waals surface area contributed by atoms with E-state index in [1.807, 2.05) is 0 Å². The number of halogens is 2. The molecule has 3 aromatic rings. The second-order valence-electron chi connectivity index (χ2n) is 6.17. The highest BCUT2D eigenvalue weighted by atomic mass is 35.5. The van der Waals surface area contributed by atoms with Crippen LogP contribution in [0.1, 0.15) is 5.56 Å². The molecule has 0 atom stereocenters. The van der Waals surface area contributed by atoms with Crippen molar-refractivity contribution < 1.29 is 13.2 Å². The van der Waals surface area contributed by atoms with E-state index in [2.05, 4.69) is 10.3 Å². The molecule has 0 radical (unpaired) electrons. The van der Waals surface area contributed by atoms with Crippen molar-refractivity contribution >= 4 is 38.9 Å². The molecule has 0 unspecified atom stereocenters. The molecule has 0 saturated carbocycles. The van der Waals surface area contributed by atoms with Crippen molar-refractivity contribution in [1.82, 2.24) is 0 Å². The molecule has 0 fully saturated rings. The van der Waals surface area contributed by atoms with Crippen LogP contribution in [0.3, 0.4) is 0 Å². The maximum atomic E-state index is 12.7. The van der Waals surface area contributed by atoms with Crippen LogP contribution in [-0.4, -0.2) is 14.3 Å². The van der Waals surface area contributed by atoms with Gasteiger partial charge in [-0.2, -0.15) is 5.53 Å². The number of nitrogens with one attached hydrogen (secondary N) is 1. The Morgan fingerprint density at radius 2 is 1.73 bits per heavy atom. The first-order valence-electron chi connectivity index (χ1n) is 8.55. The summed E-state index contributed by atoms with van der Waals surface area (Å²) in [5, 5.41) is 6.88. The minimum absolute atomic E-state index is 0.0564. The second-order valence-corrected chi connectivity index (χ2v) is 8.97. The maximum absolute atomic E-state index is 12.7. The normalized spacial score (nSPS) is 11.9. The van der Waals surface area contributed by atoms with Gasteiger partial charge in [-0.1, -0.05) is 46.6 Å². The van der Waals surface area contributed by atoms with Gasteiger partial charge in [0.2, 0.25) is 9.84 Å². The zero-order valence-corrected chi connectivity index (χ0v) is 17.7. The van der Waals surface area contributed by atoms with Gasteiger partial charge in [-0.15, -0.1) is 5.10 Å². The summed E-state index contributed by atoms with van der Waals surface area (Å²) in [6.07, 6.45) is 0.224. The van der Waals surface area contributed by atoms with Crippen LogP contribution < -0.4 is 10.5 Å². The lowest BCUT2D eigenvalue weighted by atomic mass is 10.1. The molecule has 0 spiro atoms. The Bertz CT molecular complexity index is 1220. The average molecular weight is 463 g/mol. The van der Waals surface area contributed by atoms with Crippen molar-refractivity contribution in [3.8, 4) is 11.5 Å². The molecule has 0 aliphatic heterocycles. The Morgan fingerprint density at radius 3 is 2.40 bits per heavy atom. The lowest BCUT2D eigenvalue weighted by Crippen LogP contribution is -2.14. The van der Waals surface area contributed by atoms with E-state index in [-0.39, 0.29) is 32.8 Å². The first kappa shape index (κ1) is 21.8. The molecule has 10 heteroatoms. The standard InChI is InChI=1S/C20H16Cl2N4O3S/c21-14-8-13(10-20(23)25-26-24)9-15(11-14)29-19-7-6-17(12-18(19)22)30(27,28)16-4-2-1-3-5-16/h1-9,11-12H,10H2,(H3,23,24,25). The summed E-state index contributed by atoms with van der Waals surface area (Å²) < 4.78 is 31.3. The molecule has 0 aromatic heterocycles. The number of ether oxygens (including phenoxy) is 1. The number of sulfone groups is 1. The summed E-state index contributed by atoms with van der Waals surface area (Å²) >= 11 is 12.4. The van der Waals surface area contributed by atoms with E-state index in [1.54, 1.807) is 36.4 Å². The topological polar surface area (TPSA) is 118 Å². The fourth-order valence-corrected chi connectivity index (χ4v) is 4.52. The van der Waals surface area contributed by atoms with Gasteiger partial charge in [-0.25, -0.2) is 8.42 Å². The Kier molecular flexibility index (Phi) is 6.71. The number of amidine groups is 1. The summed E-state index contributed by atoms with van der Waals surface area (Å²) in [7, 11) is -3.70. The van der Waals surface area contributed by atoms with Gasteiger partial charge in [0.25, 0.3) is 0 Å². The van der Waals surface area contributed by atoms with Gasteiger partial charge in [0, 0.05) is 11.4 Å². The highest BCUT2D eigenvalue weighted by Gasteiger charge is 2.19. The van der Waals surface area contributed by atoms with Gasteiger partial charge in [-0.3, -0.25) is 0 Å². The number of nitrogens with two attached hydrogens (primary N) is 1. The van der Waals surface area contributed by atoms with Crippen molar-refractivity contribution in [3.05, 3.63) is 82.3 Å². The fraction of sp³-hybridized carbons (Fsp3) is 0.0500. The highest BCUT2D eigenvalue weighted by Crippen LogP contribution is 2.34. The molecule has 0 bridgehead atoms. The van der Waals surface area contributed by atoms with Crippen LogP contribution >= 0.6 is 23.2 Å². The third-order valence-electron chi connectivity index (χ3n) is 3.99. The van der Waals surface area contributed by atoms with E-state index in [9.17, 15) is 8.42 Å². The predicted molar refractivity (Wildman–Crippen MR) is 115 cm³/mol. The summed E-state index contributed by atoms with van der Waals surface area (Å²) in [6, 6.07) is 17.3. The molecule has 30 heavy (non-hydrogen) atoms. The summed E-state index contributed by atoms with van der Waals surface area (Å²) in [6.45, 7) is 0. The van der Waals surface area contributed by atoms with E-state index >= 15 is 0 Å². The molecule has 3 rings (SSSR count). The van der Waals surface area contributed by atoms with E-state index in [4.69, 9.17) is 39.2 Å². The lowest BCUT2D eigenvalue weighted by molar-refractivity contribution is 0.482. The molecule has 3 aromatic carbocycles. The van der Waals surface area contributed by atoms with Crippen molar-refractivity contribution in [2.45, 2.75) is 16.2 Å². The average Bonchev–Trinajstić information content (AvgIpc) is 2.70. The van der Waals surface area contributed by atoms with E-state index in [1.165, 1.54) is 30.3 Å². The quantitative estimate of drug-likeness (QED) is 0.209.